The van der Waals surface area contributed by atoms with Crippen molar-refractivity contribution in [3.63, 3.8) is 0 Å². The van der Waals surface area contributed by atoms with Gasteiger partial charge in [0.2, 0.25) is 0 Å². The summed E-state index contributed by atoms with van der Waals surface area (Å²) in [7, 11) is 0. The predicted octanol–water partition coefficient (Wildman–Crippen LogP) is 4.47. The first-order chi connectivity index (χ1) is 11.6. The molecular formula is C21H32N2O. The second kappa shape index (κ2) is 7.26. The standard InChI is InChI=1S/C21H32N2O/c1-5-9-23(10-6-2)16-11-15-13-22-19-8-7-17(21(24)14(3)4)18(12-16)20(15)19/h7-8,14-16,22H,5-6,9-13H2,1-4H3/t15-,16+/m0/s1. The fourth-order valence-electron chi connectivity index (χ4n) is 4.56. The fourth-order valence-corrected chi connectivity index (χ4v) is 4.56. The van der Waals surface area contributed by atoms with Gasteiger partial charge < -0.3 is 10.2 Å². The van der Waals surface area contributed by atoms with Crippen LogP contribution in [0.1, 0.15) is 74.4 Å². The van der Waals surface area contributed by atoms with Gasteiger partial charge in [0.15, 0.2) is 5.78 Å². The third kappa shape index (κ3) is 3.11. The number of anilines is 1. The number of Topliss-reactive ketones (excluding diaryl/α,β-unsaturated/α-hetero) is 1. The van der Waals surface area contributed by atoms with Gasteiger partial charge in [0.25, 0.3) is 0 Å². The van der Waals surface area contributed by atoms with E-state index in [1.165, 1.54) is 49.2 Å². The summed E-state index contributed by atoms with van der Waals surface area (Å²) < 4.78 is 0. The Bertz CT molecular complexity index is 602. The fraction of sp³-hybridized carbons (Fsp3) is 0.667. The van der Waals surface area contributed by atoms with Crippen molar-refractivity contribution in [2.45, 2.75) is 65.3 Å². The lowest BCUT2D eigenvalue weighted by Crippen LogP contribution is -2.42. The lowest BCUT2D eigenvalue weighted by molar-refractivity contribution is 0.0936. The van der Waals surface area contributed by atoms with E-state index in [1.54, 1.807) is 0 Å². The Balaban J connectivity index is 1.97. The van der Waals surface area contributed by atoms with E-state index in [1.807, 2.05) is 13.8 Å². The summed E-state index contributed by atoms with van der Waals surface area (Å²) in [6.45, 7) is 11.9. The highest BCUT2D eigenvalue weighted by atomic mass is 16.1. The topological polar surface area (TPSA) is 32.3 Å². The molecule has 0 saturated carbocycles. The Morgan fingerprint density at radius 1 is 1.25 bits per heavy atom. The van der Waals surface area contributed by atoms with Gasteiger partial charge in [-0.2, -0.15) is 0 Å². The molecular weight excluding hydrogens is 296 g/mol. The number of nitrogens with zero attached hydrogens (tertiary/aromatic N) is 1. The van der Waals surface area contributed by atoms with Gasteiger partial charge in [-0.1, -0.05) is 27.7 Å². The molecule has 0 radical (unpaired) electrons. The van der Waals surface area contributed by atoms with E-state index in [0.29, 0.717) is 17.7 Å². The van der Waals surface area contributed by atoms with E-state index in [0.717, 1.165) is 18.5 Å². The molecule has 0 saturated heterocycles. The monoisotopic (exact) mass is 328 g/mol. The van der Waals surface area contributed by atoms with Crippen molar-refractivity contribution in [1.29, 1.82) is 0 Å². The summed E-state index contributed by atoms with van der Waals surface area (Å²) in [6, 6.07) is 4.78. The zero-order valence-corrected chi connectivity index (χ0v) is 15.7. The van der Waals surface area contributed by atoms with Crippen LogP contribution in [0.25, 0.3) is 0 Å². The first-order valence-corrected chi connectivity index (χ1v) is 9.74. The van der Waals surface area contributed by atoms with E-state index in [2.05, 4.69) is 36.2 Å². The number of carbonyl (C=O) groups excluding carboxylic acids is 1. The van der Waals surface area contributed by atoms with Crippen LogP contribution in [-0.2, 0) is 6.42 Å². The summed E-state index contributed by atoms with van der Waals surface area (Å²) in [5.41, 5.74) is 5.04. The molecule has 0 bridgehead atoms. The molecule has 0 unspecified atom stereocenters. The van der Waals surface area contributed by atoms with E-state index in [9.17, 15) is 4.79 Å². The van der Waals surface area contributed by atoms with Gasteiger partial charge in [-0.3, -0.25) is 4.79 Å². The molecule has 3 heteroatoms. The summed E-state index contributed by atoms with van der Waals surface area (Å²) in [4.78, 5) is 15.4. The highest BCUT2D eigenvalue weighted by molar-refractivity contribution is 6.00. The second-order valence-electron chi connectivity index (χ2n) is 7.78. The molecule has 0 spiro atoms. The molecule has 0 amide bonds. The van der Waals surface area contributed by atoms with Crippen LogP contribution in [0.4, 0.5) is 5.69 Å². The Morgan fingerprint density at radius 2 is 1.96 bits per heavy atom. The van der Waals surface area contributed by atoms with Crippen LogP contribution in [0, 0.1) is 5.92 Å². The molecule has 1 aliphatic heterocycles. The zero-order chi connectivity index (χ0) is 17.3. The molecule has 1 aliphatic carbocycles. The number of carbonyl (C=O) groups is 1. The smallest absolute Gasteiger partial charge is 0.165 e. The molecule has 3 rings (SSSR count). The van der Waals surface area contributed by atoms with Crippen LogP contribution < -0.4 is 5.32 Å². The SMILES string of the molecule is CCCN(CCC)[C@H]1Cc2c(C(=O)C(C)C)ccc3c2[C@H](CN3)C1. The molecule has 0 aromatic heterocycles. The maximum atomic E-state index is 12.7. The van der Waals surface area contributed by atoms with Crippen LogP contribution in [0.2, 0.25) is 0 Å². The summed E-state index contributed by atoms with van der Waals surface area (Å²) in [5, 5.41) is 3.57. The summed E-state index contributed by atoms with van der Waals surface area (Å²) >= 11 is 0. The minimum Gasteiger partial charge on any atom is -0.384 e. The van der Waals surface area contributed by atoms with Crippen LogP contribution in [0.15, 0.2) is 12.1 Å². The van der Waals surface area contributed by atoms with E-state index < -0.39 is 0 Å². The maximum absolute atomic E-state index is 12.7. The van der Waals surface area contributed by atoms with Crippen LogP contribution in [-0.4, -0.2) is 36.4 Å². The zero-order valence-electron chi connectivity index (χ0n) is 15.7. The van der Waals surface area contributed by atoms with Gasteiger partial charge in [0.05, 0.1) is 0 Å². The van der Waals surface area contributed by atoms with Crippen molar-refractivity contribution >= 4 is 11.5 Å². The Labute approximate surface area is 146 Å². The first kappa shape index (κ1) is 17.5. The minimum absolute atomic E-state index is 0.0647. The average Bonchev–Trinajstić information content (AvgIpc) is 2.98. The highest BCUT2D eigenvalue weighted by Crippen LogP contribution is 2.44. The number of ketones is 1. The van der Waals surface area contributed by atoms with Crippen LogP contribution in [0.5, 0.6) is 0 Å². The molecule has 3 nitrogen and oxygen atoms in total. The van der Waals surface area contributed by atoms with Crippen molar-refractivity contribution < 1.29 is 4.79 Å². The van der Waals surface area contributed by atoms with E-state index in [4.69, 9.17) is 0 Å². The molecule has 2 aliphatic rings. The normalized spacial score (nSPS) is 21.9. The number of rotatable bonds is 7. The van der Waals surface area contributed by atoms with Gasteiger partial charge >= 0.3 is 0 Å². The lowest BCUT2D eigenvalue weighted by atomic mass is 9.77. The second-order valence-corrected chi connectivity index (χ2v) is 7.78. The van der Waals surface area contributed by atoms with Crippen molar-refractivity contribution in [3.8, 4) is 0 Å². The number of hydrogen-bond acceptors (Lipinski definition) is 3. The molecule has 0 fully saturated rings. The number of benzene rings is 1. The molecule has 2 atom stereocenters. The summed E-state index contributed by atoms with van der Waals surface area (Å²) in [5.74, 6) is 0.941. The first-order valence-electron chi connectivity index (χ1n) is 9.74. The van der Waals surface area contributed by atoms with Gasteiger partial charge in [-0.15, -0.1) is 0 Å². The molecule has 24 heavy (non-hydrogen) atoms. The van der Waals surface area contributed by atoms with Crippen molar-refractivity contribution in [3.05, 3.63) is 28.8 Å². The average molecular weight is 329 g/mol. The van der Waals surface area contributed by atoms with Crippen molar-refractivity contribution in [1.82, 2.24) is 4.90 Å². The Hall–Kier alpha value is -1.35. The Kier molecular flexibility index (Phi) is 5.29. The van der Waals surface area contributed by atoms with Crippen molar-refractivity contribution in [2.75, 3.05) is 25.0 Å². The molecule has 1 aromatic carbocycles. The highest BCUT2D eigenvalue weighted by Gasteiger charge is 2.37. The van der Waals surface area contributed by atoms with E-state index >= 15 is 0 Å². The van der Waals surface area contributed by atoms with Crippen LogP contribution in [0.3, 0.4) is 0 Å². The molecule has 132 valence electrons. The summed E-state index contributed by atoms with van der Waals surface area (Å²) in [6.07, 6.45) is 4.66. The molecule has 1 heterocycles. The van der Waals surface area contributed by atoms with Gasteiger partial charge in [-0.05, 0) is 62.0 Å². The van der Waals surface area contributed by atoms with Crippen LogP contribution >= 0.6 is 0 Å². The predicted molar refractivity (Wildman–Crippen MR) is 101 cm³/mol. The minimum atomic E-state index is 0.0647. The largest absolute Gasteiger partial charge is 0.384 e. The van der Waals surface area contributed by atoms with Crippen molar-refractivity contribution in [2.24, 2.45) is 5.92 Å². The number of hydrogen-bond donors (Lipinski definition) is 1. The maximum Gasteiger partial charge on any atom is 0.165 e. The molecule has 1 aromatic rings. The lowest BCUT2D eigenvalue weighted by Gasteiger charge is -2.38. The Morgan fingerprint density at radius 3 is 2.58 bits per heavy atom. The molecule has 1 N–H and O–H groups in total. The third-order valence-electron chi connectivity index (χ3n) is 5.63. The van der Waals surface area contributed by atoms with Gasteiger partial charge in [0, 0.05) is 35.7 Å². The number of nitrogens with one attached hydrogen (secondary N) is 1. The quantitative estimate of drug-likeness (QED) is 0.750. The third-order valence-corrected chi connectivity index (χ3v) is 5.63. The van der Waals surface area contributed by atoms with Gasteiger partial charge in [0.1, 0.15) is 0 Å². The van der Waals surface area contributed by atoms with Gasteiger partial charge in [-0.25, -0.2) is 0 Å². The van der Waals surface area contributed by atoms with E-state index in [-0.39, 0.29) is 5.92 Å².